The van der Waals surface area contributed by atoms with Crippen molar-refractivity contribution >= 4 is 37.2 Å². The summed E-state index contributed by atoms with van der Waals surface area (Å²) in [4.78, 5) is 0. The Bertz CT molecular complexity index is 182. The summed E-state index contributed by atoms with van der Waals surface area (Å²) in [5, 5.41) is 4.66. The summed E-state index contributed by atoms with van der Waals surface area (Å²) < 4.78 is 0. The van der Waals surface area contributed by atoms with Gasteiger partial charge in [0.25, 0.3) is 14.1 Å². The predicted octanol–water partition coefficient (Wildman–Crippen LogP) is 8.87. The van der Waals surface area contributed by atoms with Gasteiger partial charge in [-0.2, -0.15) is 12.8 Å². The third kappa shape index (κ3) is 40.1. The summed E-state index contributed by atoms with van der Waals surface area (Å²) in [5.41, 5.74) is 0. The standard InChI is InChI=1S/C8H17.4C4H9.Al.Mg/c1-3-5-7-8-6-4-2;3*1-4(2)3;1-3-4-2;;/h1,3-8H2,2H3;3*4H,1H2,2-3H3;1,3-4H2,2H3;;/q-1;;;;-1;;+2. The van der Waals surface area contributed by atoms with Gasteiger partial charge in [-0.1, -0.05) is 128 Å². The van der Waals surface area contributed by atoms with E-state index in [4.69, 9.17) is 0 Å². The van der Waals surface area contributed by atoms with Crippen molar-refractivity contribution in [3.05, 3.63) is 13.8 Å². The van der Waals surface area contributed by atoms with Gasteiger partial charge in [-0.15, -0.1) is 0 Å². The van der Waals surface area contributed by atoms with Crippen LogP contribution in [0, 0.1) is 31.6 Å². The van der Waals surface area contributed by atoms with Crippen LogP contribution in [0.5, 0.6) is 0 Å². The minimum absolute atomic E-state index is 0. The second-order valence-electron chi connectivity index (χ2n) is 8.88. The Morgan fingerprint density at radius 2 is 0.923 bits per heavy atom. The summed E-state index contributed by atoms with van der Waals surface area (Å²) >= 11 is -0.407. The molecule has 0 spiro atoms. The maximum Gasteiger partial charge on any atom is 2.00 e. The van der Waals surface area contributed by atoms with Crippen molar-refractivity contribution in [3.8, 4) is 0 Å². The van der Waals surface area contributed by atoms with Gasteiger partial charge in [0, 0.05) is 0 Å². The molecule has 0 nitrogen and oxygen atoms in total. The van der Waals surface area contributed by atoms with E-state index in [1.165, 1.54) is 38.5 Å². The van der Waals surface area contributed by atoms with Crippen LogP contribution >= 0.6 is 0 Å². The van der Waals surface area contributed by atoms with Crippen LogP contribution in [-0.2, 0) is 0 Å². The Labute approximate surface area is 190 Å². The molecular weight excluding hydrogens is 340 g/mol. The van der Waals surface area contributed by atoms with Crippen molar-refractivity contribution in [1.82, 2.24) is 0 Å². The molecule has 0 bridgehead atoms. The van der Waals surface area contributed by atoms with Gasteiger partial charge >= 0.3 is 23.1 Å². The zero-order chi connectivity index (χ0) is 20.1. The molecule has 0 radical (unpaired) electrons. The molecule has 0 aromatic heterocycles. The second kappa shape index (κ2) is 28.5. The van der Waals surface area contributed by atoms with Crippen LogP contribution in [0.25, 0.3) is 0 Å². The predicted molar refractivity (Wildman–Crippen MR) is 129 cm³/mol. The van der Waals surface area contributed by atoms with E-state index < -0.39 is 14.1 Å². The van der Waals surface area contributed by atoms with Crippen LogP contribution in [0.15, 0.2) is 0 Å². The number of hydrogen-bond acceptors (Lipinski definition) is 0. The van der Waals surface area contributed by atoms with Crippen molar-refractivity contribution in [3.63, 3.8) is 0 Å². The molecule has 2 heteroatoms. The second-order valence-corrected chi connectivity index (χ2v) is 12.0. The first kappa shape index (κ1) is 34.8. The molecule has 0 atom stereocenters. The fraction of sp³-hybridized carbons (Fsp3) is 0.917. The maximum absolute atomic E-state index is 3.78. The van der Waals surface area contributed by atoms with Crippen LogP contribution < -0.4 is 0 Å². The Hall–Kier alpha value is 1.30. The molecule has 0 saturated heterocycles. The topological polar surface area (TPSA) is 0 Å². The van der Waals surface area contributed by atoms with Crippen molar-refractivity contribution in [2.24, 2.45) is 17.8 Å². The Kier molecular flexibility index (Phi) is 38.1. The summed E-state index contributed by atoms with van der Waals surface area (Å²) in [5.74, 6) is 2.78. The zero-order valence-electron chi connectivity index (χ0n) is 20.2. The first-order chi connectivity index (χ1) is 11.7. The minimum Gasteiger partial charge on any atom is -0.343 e. The number of hydrogen-bond donors (Lipinski definition) is 0. The molecule has 0 rings (SSSR count). The summed E-state index contributed by atoms with van der Waals surface area (Å²) in [6, 6.07) is 0. The van der Waals surface area contributed by atoms with Crippen molar-refractivity contribution in [1.29, 1.82) is 0 Å². The van der Waals surface area contributed by atoms with Crippen molar-refractivity contribution < 1.29 is 0 Å². The number of unbranched alkanes of at least 4 members (excludes halogenated alkanes) is 6. The van der Waals surface area contributed by atoms with Gasteiger partial charge in [0.05, 0.1) is 0 Å². The van der Waals surface area contributed by atoms with Crippen molar-refractivity contribution in [2.45, 2.75) is 123 Å². The molecule has 0 saturated carbocycles. The molecule has 0 fully saturated rings. The first-order valence-corrected chi connectivity index (χ1v) is 13.8. The van der Waals surface area contributed by atoms with Gasteiger partial charge in [-0.3, -0.25) is 0 Å². The van der Waals surface area contributed by atoms with Gasteiger partial charge in [-0.25, -0.2) is 0 Å². The van der Waals surface area contributed by atoms with E-state index >= 15 is 0 Å². The van der Waals surface area contributed by atoms with E-state index in [0.29, 0.717) is 0 Å². The quantitative estimate of drug-likeness (QED) is 0.177. The number of rotatable bonds is 12. The van der Waals surface area contributed by atoms with Gasteiger partial charge < -0.3 is 13.8 Å². The first-order valence-electron chi connectivity index (χ1n) is 11.3. The fourth-order valence-corrected chi connectivity index (χ4v) is 7.65. The summed E-state index contributed by atoms with van der Waals surface area (Å²) in [6.45, 7) is 26.0. The van der Waals surface area contributed by atoms with Crippen LogP contribution in [0.4, 0.5) is 0 Å². The molecule has 0 aromatic carbocycles. The molecule has 0 aliphatic heterocycles. The average molecular weight is 393 g/mol. The Balaban J connectivity index is -0.000000159. The molecule has 0 unspecified atom stereocenters. The van der Waals surface area contributed by atoms with Crippen LogP contribution in [0.1, 0.15) is 107 Å². The van der Waals surface area contributed by atoms with Gasteiger partial charge in [-0.05, 0) is 0 Å². The SMILES string of the molecule is CC(C)[CH2][Al]([CH2]C(C)C)[CH2]C(C)C.[CH2-]CCC.[CH2-]CCCCCCC.[Mg+2]. The molecule has 0 aliphatic carbocycles. The zero-order valence-corrected chi connectivity index (χ0v) is 22.8. The van der Waals surface area contributed by atoms with E-state index in [-0.39, 0.29) is 23.1 Å². The largest absolute Gasteiger partial charge is 2.00 e. The third-order valence-corrected chi connectivity index (χ3v) is 8.95. The molecular formula is C24H53AlMg. The molecule has 0 aromatic rings. The van der Waals surface area contributed by atoms with E-state index in [9.17, 15) is 0 Å². The third-order valence-electron chi connectivity index (χ3n) is 4.12. The Morgan fingerprint density at radius 3 is 1.15 bits per heavy atom. The van der Waals surface area contributed by atoms with Gasteiger partial charge in [0.15, 0.2) is 0 Å². The van der Waals surface area contributed by atoms with E-state index in [1.807, 2.05) is 0 Å². The summed E-state index contributed by atoms with van der Waals surface area (Å²) in [7, 11) is 0. The molecule has 0 heterocycles. The van der Waals surface area contributed by atoms with Crippen LogP contribution in [-0.4, -0.2) is 37.2 Å². The smallest absolute Gasteiger partial charge is 0.343 e. The molecule has 0 amide bonds. The molecule has 154 valence electrons. The summed E-state index contributed by atoms with van der Waals surface area (Å²) in [6.07, 6.45) is 10.3. The average Bonchev–Trinajstić information content (AvgIpc) is 2.50. The van der Waals surface area contributed by atoms with E-state index in [1.54, 1.807) is 15.8 Å². The maximum atomic E-state index is 3.78. The van der Waals surface area contributed by atoms with Crippen molar-refractivity contribution in [2.75, 3.05) is 0 Å². The normalized spacial score (nSPS) is 10.0. The molecule has 26 heavy (non-hydrogen) atoms. The minimum atomic E-state index is -0.407. The van der Waals surface area contributed by atoms with E-state index in [0.717, 1.165) is 30.6 Å². The Morgan fingerprint density at radius 1 is 0.577 bits per heavy atom. The van der Waals surface area contributed by atoms with Gasteiger partial charge in [0.1, 0.15) is 0 Å². The fourth-order valence-electron chi connectivity index (χ4n) is 3.07. The van der Waals surface area contributed by atoms with Crippen LogP contribution in [0.3, 0.4) is 0 Å². The van der Waals surface area contributed by atoms with Crippen LogP contribution in [0.2, 0.25) is 15.8 Å². The monoisotopic (exact) mass is 392 g/mol. The van der Waals surface area contributed by atoms with E-state index in [2.05, 4.69) is 69.2 Å². The molecule has 0 aliphatic rings. The molecule has 0 N–H and O–H groups in total. The van der Waals surface area contributed by atoms with Gasteiger partial charge in [0.2, 0.25) is 0 Å².